The molecule has 0 saturated heterocycles. The van der Waals surface area contributed by atoms with Gasteiger partial charge < -0.3 is 0 Å². The average molecular weight is 265 g/mol. The van der Waals surface area contributed by atoms with Crippen LogP contribution < -0.4 is 0 Å². The molecular formula is C9H13BrS2. The van der Waals surface area contributed by atoms with Crippen molar-refractivity contribution in [1.29, 1.82) is 0 Å². The summed E-state index contributed by atoms with van der Waals surface area (Å²) in [4.78, 5) is 0. The normalized spacial score (nSPS) is 11.3. The standard InChI is InChI=1S/C9H13BrS2/c1-9(11-2,12-3)7-5-4-6-8-10/h4,6H,8H2,1-3H3. The Kier molecular flexibility index (Phi) is 7.22. The molecule has 0 aromatic carbocycles. The Morgan fingerprint density at radius 3 is 2.42 bits per heavy atom. The molecule has 0 amide bonds. The highest BCUT2D eigenvalue weighted by Gasteiger charge is 2.16. The lowest BCUT2D eigenvalue weighted by Crippen LogP contribution is -2.09. The molecule has 0 N–H and O–H groups in total. The fourth-order valence-electron chi connectivity index (χ4n) is 0.462. The van der Waals surface area contributed by atoms with Crippen LogP contribution in [-0.4, -0.2) is 21.9 Å². The van der Waals surface area contributed by atoms with Crippen LogP contribution in [0, 0.1) is 11.8 Å². The van der Waals surface area contributed by atoms with E-state index >= 15 is 0 Å². The van der Waals surface area contributed by atoms with Gasteiger partial charge in [-0.1, -0.05) is 33.8 Å². The van der Waals surface area contributed by atoms with Gasteiger partial charge in [0.25, 0.3) is 0 Å². The van der Waals surface area contributed by atoms with Crippen molar-refractivity contribution in [3.8, 4) is 11.8 Å². The van der Waals surface area contributed by atoms with Gasteiger partial charge in [-0.2, -0.15) is 0 Å². The number of hydrogen-bond donors (Lipinski definition) is 0. The van der Waals surface area contributed by atoms with E-state index in [1.54, 1.807) is 23.5 Å². The maximum atomic E-state index is 3.30. The molecule has 0 radical (unpaired) electrons. The van der Waals surface area contributed by atoms with Crippen LogP contribution in [0.4, 0.5) is 0 Å². The van der Waals surface area contributed by atoms with Crippen LogP contribution in [0.3, 0.4) is 0 Å². The number of rotatable bonds is 3. The molecule has 0 fully saturated rings. The zero-order valence-electron chi connectivity index (χ0n) is 7.56. The summed E-state index contributed by atoms with van der Waals surface area (Å²) in [6, 6.07) is 0. The maximum absolute atomic E-state index is 3.30. The van der Waals surface area contributed by atoms with Crippen molar-refractivity contribution in [3.63, 3.8) is 0 Å². The number of thioether (sulfide) groups is 2. The minimum atomic E-state index is 0.0383. The van der Waals surface area contributed by atoms with Crippen LogP contribution in [0.25, 0.3) is 0 Å². The van der Waals surface area contributed by atoms with E-state index in [-0.39, 0.29) is 4.08 Å². The van der Waals surface area contributed by atoms with Crippen molar-refractivity contribution < 1.29 is 0 Å². The third-order valence-electron chi connectivity index (χ3n) is 1.37. The van der Waals surface area contributed by atoms with Crippen molar-refractivity contribution in [2.45, 2.75) is 11.0 Å². The lowest BCUT2D eigenvalue weighted by Gasteiger charge is -2.16. The summed E-state index contributed by atoms with van der Waals surface area (Å²) < 4.78 is 0.0383. The molecule has 12 heavy (non-hydrogen) atoms. The van der Waals surface area contributed by atoms with Gasteiger partial charge in [-0.3, -0.25) is 0 Å². The molecule has 68 valence electrons. The third-order valence-corrected chi connectivity index (χ3v) is 4.50. The fourth-order valence-corrected chi connectivity index (χ4v) is 1.64. The lowest BCUT2D eigenvalue weighted by atomic mass is 10.4. The number of allylic oxidation sites excluding steroid dienone is 2. The molecule has 0 bridgehead atoms. The summed E-state index contributed by atoms with van der Waals surface area (Å²) in [6.45, 7) is 2.14. The predicted molar refractivity (Wildman–Crippen MR) is 66.1 cm³/mol. The van der Waals surface area contributed by atoms with E-state index in [4.69, 9.17) is 0 Å². The summed E-state index contributed by atoms with van der Waals surface area (Å²) in [5.41, 5.74) is 0. The summed E-state index contributed by atoms with van der Waals surface area (Å²) >= 11 is 6.85. The Morgan fingerprint density at radius 2 is 2.00 bits per heavy atom. The topological polar surface area (TPSA) is 0 Å². The molecule has 0 atom stereocenters. The molecule has 0 spiro atoms. The van der Waals surface area contributed by atoms with Gasteiger partial charge in [0.05, 0.1) is 0 Å². The molecule has 3 heteroatoms. The van der Waals surface area contributed by atoms with E-state index in [0.29, 0.717) is 0 Å². The van der Waals surface area contributed by atoms with E-state index in [0.717, 1.165) is 5.33 Å². The Bertz CT molecular complexity index is 196. The molecular weight excluding hydrogens is 252 g/mol. The van der Waals surface area contributed by atoms with Crippen molar-refractivity contribution in [3.05, 3.63) is 12.2 Å². The molecule has 0 nitrogen and oxygen atoms in total. The molecule has 0 rings (SSSR count). The minimum absolute atomic E-state index is 0.0383. The van der Waals surface area contributed by atoms with Crippen molar-refractivity contribution in [1.82, 2.24) is 0 Å². The van der Waals surface area contributed by atoms with Crippen molar-refractivity contribution >= 4 is 39.5 Å². The van der Waals surface area contributed by atoms with Gasteiger partial charge in [-0.25, -0.2) is 0 Å². The molecule has 0 heterocycles. The highest BCUT2D eigenvalue weighted by Crippen LogP contribution is 2.31. The highest BCUT2D eigenvalue weighted by molar-refractivity contribution is 9.09. The third kappa shape index (κ3) is 5.18. The zero-order valence-corrected chi connectivity index (χ0v) is 10.8. The second kappa shape index (κ2) is 6.94. The first kappa shape index (κ1) is 12.5. The van der Waals surface area contributed by atoms with Crippen LogP contribution in [0.1, 0.15) is 6.92 Å². The van der Waals surface area contributed by atoms with E-state index < -0.39 is 0 Å². The summed E-state index contributed by atoms with van der Waals surface area (Å²) in [7, 11) is 0. The predicted octanol–water partition coefficient (Wildman–Crippen LogP) is 3.38. The highest BCUT2D eigenvalue weighted by atomic mass is 79.9. The summed E-state index contributed by atoms with van der Waals surface area (Å²) in [5, 5.41) is 0.872. The number of halogens is 1. The van der Waals surface area contributed by atoms with Crippen LogP contribution in [-0.2, 0) is 0 Å². The van der Waals surface area contributed by atoms with E-state index in [1.807, 2.05) is 12.2 Å². The molecule has 0 saturated carbocycles. The van der Waals surface area contributed by atoms with Gasteiger partial charge in [0, 0.05) is 5.33 Å². The van der Waals surface area contributed by atoms with Gasteiger partial charge >= 0.3 is 0 Å². The molecule has 0 aliphatic carbocycles. The minimum Gasteiger partial charge on any atom is -0.135 e. The van der Waals surface area contributed by atoms with Gasteiger partial charge in [0.15, 0.2) is 0 Å². The van der Waals surface area contributed by atoms with E-state index in [9.17, 15) is 0 Å². The van der Waals surface area contributed by atoms with Gasteiger partial charge in [0.1, 0.15) is 4.08 Å². The van der Waals surface area contributed by atoms with E-state index in [1.165, 1.54) is 0 Å². The zero-order chi connectivity index (χ0) is 9.45. The van der Waals surface area contributed by atoms with Gasteiger partial charge in [0.2, 0.25) is 0 Å². The van der Waals surface area contributed by atoms with Crippen LogP contribution in [0.5, 0.6) is 0 Å². The van der Waals surface area contributed by atoms with Crippen LogP contribution in [0.2, 0.25) is 0 Å². The Hall–Kier alpha value is 0.480. The molecule has 0 aliphatic heterocycles. The fraction of sp³-hybridized carbons (Fsp3) is 0.556. The number of alkyl halides is 1. The molecule has 0 aromatic rings. The molecule has 0 aliphatic rings. The Balaban J connectivity index is 4.15. The first-order valence-electron chi connectivity index (χ1n) is 3.52. The van der Waals surface area contributed by atoms with Crippen molar-refractivity contribution in [2.75, 3.05) is 17.8 Å². The van der Waals surface area contributed by atoms with Crippen molar-refractivity contribution in [2.24, 2.45) is 0 Å². The van der Waals surface area contributed by atoms with Gasteiger partial charge in [-0.05, 0) is 25.5 Å². The summed E-state index contributed by atoms with van der Waals surface area (Å²) in [6.07, 6.45) is 8.05. The van der Waals surface area contributed by atoms with Gasteiger partial charge in [-0.15, -0.1) is 23.5 Å². The Morgan fingerprint density at radius 1 is 1.42 bits per heavy atom. The smallest absolute Gasteiger partial charge is 0.119 e. The first-order valence-corrected chi connectivity index (χ1v) is 7.09. The van der Waals surface area contributed by atoms with Crippen LogP contribution in [0.15, 0.2) is 12.2 Å². The second-order valence-corrected chi connectivity index (χ2v) is 5.54. The molecule has 0 aromatic heterocycles. The quantitative estimate of drug-likeness (QED) is 0.436. The Labute approximate surface area is 92.1 Å². The largest absolute Gasteiger partial charge is 0.135 e. The molecule has 0 unspecified atom stereocenters. The van der Waals surface area contributed by atoms with E-state index in [2.05, 4.69) is 47.2 Å². The average Bonchev–Trinajstić information content (AvgIpc) is 2.12. The first-order chi connectivity index (χ1) is 5.68. The van der Waals surface area contributed by atoms with Crippen LogP contribution >= 0.6 is 39.5 Å². The monoisotopic (exact) mass is 264 g/mol. The summed E-state index contributed by atoms with van der Waals surface area (Å²) in [5.74, 6) is 6.23. The SMILES string of the molecule is CSC(C)(C#CC=CCBr)SC. The lowest BCUT2D eigenvalue weighted by molar-refractivity contribution is 1.21. The second-order valence-electron chi connectivity index (χ2n) is 2.18. The number of hydrogen-bond acceptors (Lipinski definition) is 2. The maximum Gasteiger partial charge on any atom is 0.119 e.